The lowest BCUT2D eigenvalue weighted by Crippen LogP contribution is -2.28. The number of benzene rings is 1. The van der Waals surface area contributed by atoms with Crippen LogP contribution in [-0.4, -0.2) is 23.9 Å². The monoisotopic (exact) mass is 283 g/mol. The largest absolute Gasteiger partial charge is 0.416 e. The van der Waals surface area contributed by atoms with E-state index in [2.05, 4.69) is 6.58 Å². The molecule has 0 aromatic heterocycles. The zero-order valence-corrected chi connectivity index (χ0v) is 11.0. The fourth-order valence-electron chi connectivity index (χ4n) is 2.45. The van der Waals surface area contributed by atoms with Crippen LogP contribution in [0.1, 0.15) is 17.5 Å². The summed E-state index contributed by atoms with van der Waals surface area (Å²) in [6.07, 6.45) is -2.01. The van der Waals surface area contributed by atoms with Gasteiger partial charge in [0.05, 0.1) is 5.56 Å². The fraction of sp³-hybridized carbons (Fsp3) is 0.400. The molecule has 5 heteroatoms. The Bertz CT molecular complexity index is 510. The van der Waals surface area contributed by atoms with E-state index in [4.69, 9.17) is 0 Å². The molecule has 108 valence electrons. The SMILES string of the molecule is C=CC1CC(=O)N(CCc2ccccc2C(F)(F)F)C1. The van der Waals surface area contributed by atoms with Crippen molar-refractivity contribution in [2.45, 2.75) is 19.0 Å². The molecule has 0 saturated carbocycles. The van der Waals surface area contributed by atoms with Crippen LogP contribution in [0.5, 0.6) is 0 Å². The number of carbonyl (C=O) groups is 1. The number of amides is 1. The summed E-state index contributed by atoms with van der Waals surface area (Å²) in [4.78, 5) is 13.3. The van der Waals surface area contributed by atoms with Crippen LogP contribution in [0.25, 0.3) is 0 Å². The molecule has 1 aromatic carbocycles. The minimum Gasteiger partial charge on any atom is -0.342 e. The van der Waals surface area contributed by atoms with Gasteiger partial charge in [0.25, 0.3) is 0 Å². The lowest BCUT2D eigenvalue weighted by atomic mass is 10.0. The Labute approximate surface area is 115 Å². The third-order valence-corrected chi connectivity index (χ3v) is 3.55. The molecule has 0 bridgehead atoms. The Balaban J connectivity index is 2.05. The molecule has 1 aliphatic heterocycles. The molecule has 20 heavy (non-hydrogen) atoms. The second-order valence-electron chi connectivity index (χ2n) is 4.94. The summed E-state index contributed by atoms with van der Waals surface area (Å²) in [5.41, 5.74) is -0.387. The van der Waals surface area contributed by atoms with Crippen LogP contribution >= 0.6 is 0 Å². The third kappa shape index (κ3) is 3.21. The van der Waals surface area contributed by atoms with E-state index in [0.29, 0.717) is 19.5 Å². The van der Waals surface area contributed by atoms with Crippen LogP contribution in [0.4, 0.5) is 13.2 Å². The van der Waals surface area contributed by atoms with Gasteiger partial charge in [-0.25, -0.2) is 0 Å². The van der Waals surface area contributed by atoms with Gasteiger partial charge >= 0.3 is 6.18 Å². The first-order valence-electron chi connectivity index (χ1n) is 6.47. The van der Waals surface area contributed by atoms with E-state index in [1.54, 1.807) is 17.0 Å². The molecule has 0 radical (unpaired) electrons. The van der Waals surface area contributed by atoms with E-state index in [9.17, 15) is 18.0 Å². The molecule has 2 nitrogen and oxygen atoms in total. The third-order valence-electron chi connectivity index (χ3n) is 3.55. The van der Waals surface area contributed by atoms with Crippen molar-refractivity contribution in [1.29, 1.82) is 0 Å². The van der Waals surface area contributed by atoms with Crippen LogP contribution < -0.4 is 0 Å². The normalized spacial score (nSPS) is 19.4. The summed E-state index contributed by atoms with van der Waals surface area (Å²) in [5, 5.41) is 0. The number of hydrogen-bond acceptors (Lipinski definition) is 1. The molecule has 1 heterocycles. The molecule has 0 aliphatic carbocycles. The van der Waals surface area contributed by atoms with Gasteiger partial charge < -0.3 is 4.90 Å². The van der Waals surface area contributed by atoms with Crippen LogP contribution in [-0.2, 0) is 17.4 Å². The summed E-state index contributed by atoms with van der Waals surface area (Å²) < 4.78 is 38.5. The minimum atomic E-state index is -4.35. The number of alkyl halides is 3. The van der Waals surface area contributed by atoms with E-state index >= 15 is 0 Å². The second kappa shape index (κ2) is 5.69. The predicted octanol–water partition coefficient (Wildman–Crippen LogP) is 3.28. The smallest absolute Gasteiger partial charge is 0.342 e. The van der Waals surface area contributed by atoms with Crippen molar-refractivity contribution in [3.05, 3.63) is 48.0 Å². The lowest BCUT2D eigenvalue weighted by Gasteiger charge is -2.18. The average Bonchev–Trinajstić information content (AvgIpc) is 2.76. The van der Waals surface area contributed by atoms with E-state index in [1.807, 2.05) is 0 Å². The van der Waals surface area contributed by atoms with Crippen LogP contribution in [0.3, 0.4) is 0 Å². The van der Waals surface area contributed by atoms with Gasteiger partial charge in [-0.2, -0.15) is 13.2 Å². The minimum absolute atomic E-state index is 0.0145. The first-order chi connectivity index (χ1) is 9.41. The van der Waals surface area contributed by atoms with E-state index in [1.165, 1.54) is 12.1 Å². The number of rotatable bonds is 4. The maximum absolute atomic E-state index is 12.8. The van der Waals surface area contributed by atoms with Crippen molar-refractivity contribution in [2.24, 2.45) is 5.92 Å². The Morgan fingerprint density at radius 2 is 2.05 bits per heavy atom. The number of carbonyl (C=O) groups excluding carboxylic acids is 1. The van der Waals surface area contributed by atoms with Crippen LogP contribution in [0.2, 0.25) is 0 Å². The average molecular weight is 283 g/mol. The highest BCUT2D eigenvalue weighted by molar-refractivity contribution is 5.79. The van der Waals surface area contributed by atoms with Gasteiger partial charge in [-0.15, -0.1) is 6.58 Å². The summed E-state index contributed by atoms with van der Waals surface area (Å²) in [5.74, 6) is 0.0970. The standard InChI is InChI=1S/C15H16F3NO/c1-2-11-9-14(20)19(10-11)8-7-12-5-3-4-6-13(12)15(16,17)18/h2-6,11H,1,7-10H2. The summed E-state index contributed by atoms with van der Waals surface area (Å²) in [6.45, 7) is 4.52. The molecule has 1 unspecified atom stereocenters. The highest BCUT2D eigenvalue weighted by Gasteiger charge is 2.33. The van der Waals surface area contributed by atoms with Crippen molar-refractivity contribution >= 4 is 5.91 Å². The Kier molecular flexibility index (Phi) is 4.16. The Hall–Kier alpha value is -1.78. The number of nitrogens with zero attached hydrogens (tertiary/aromatic N) is 1. The molecule has 1 aromatic rings. The first kappa shape index (κ1) is 14.6. The quantitative estimate of drug-likeness (QED) is 0.777. The predicted molar refractivity (Wildman–Crippen MR) is 70.0 cm³/mol. The van der Waals surface area contributed by atoms with Crippen molar-refractivity contribution in [1.82, 2.24) is 4.90 Å². The van der Waals surface area contributed by atoms with Crippen LogP contribution in [0.15, 0.2) is 36.9 Å². The molecular formula is C15H16F3NO. The van der Waals surface area contributed by atoms with Crippen molar-refractivity contribution < 1.29 is 18.0 Å². The van der Waals surface area contributed by atoms with Gasteiger partial charge in [0.15, 0.2) is 0 Å². The Morgan fingerprint density at radius 3 is 2.65 bits per heavy atom. The van der Waals surface area contributed by atoms with E-state index in [0.717, 1.165) is 6.07 Å². The molecule has 2 rings (SSSR count). The maximum atomic E-state index is 12.8. The summed E-state index contributed by atoms with van der Waals surface area (Å²) in [7, 11) is 0. The number of likely N-dealkylation sites (tertiary alicyclic amines) is 1. The molecular weight excluding hydrogens is 267 g/mol. The van der Waals surface area contributed by atoms with Gasteiger partial charge in [-0.1, -0.05) is 24.3 Å². The molecule has 1 fully saturated rings. The first-order valence-corrected chi connectivity index (χ1v) is 6.47. The summed E-state index contributed by atoms with van der Waals surface area (Å²) >= 11 is 0. The topological polar surface area (TPSA) is 20.3 Å². The van der Waals surface area contributed by atoms with Crippen molar-refractivity contribution in [2.75, 3.05) is 13.1 Å². The van der Waals surface area contributed by atoms with E-state index < -0.39 is 11.7 Å². The van der Waals surface area contributed by atoms with Crippen LogP contribution in [0, 0.1) is 5.92 Å². The molecule has 0 N–H and O–H groups in total. The lowest BCUT2D eigenvalue weighted by molar-refractivity contribution is -0.138. The van der Waals surface area contributed by atoms with Gasteiger partial charge in [-0.3, -0.25) is 4.79 Å². The highest BCUT2D eigenvalue weighted by Crippen LogP contribution is 2.32. The fourth-order valence-corrected chi connectivity index (χ4v) is 2.45. The molecule has 1 amide bonds. The molecule has 1 aliphatic rings. The molecule has 0 spiro atoms. The Morgan fingerprint density at radius 1 is 1.35 bits per heavy atom. The van der Waals surface area contributed by atoms with Gasteiger partial charge in [0.2, 0.25) is 5.91 Å². The van der Waals surface area contributed by atoms with Crippen molar-refractivity contribution in [3.8, 4) is 0 Å². The second-order valence-corrected chi connectivity index (χ2v) is 4.94. The van der Waals surface area contributed by atoms with Gasteiger partial charge in [-0.05, 0) is 18.1 Å². The molecule has 1 saturated heterocycles. The zero-order valence-electron chi connectivity index (χ0n) is 11.0. The summed E-state index contributed by atoms with van der Waals surface area (Å²) in [6, 6.07) is 5.51. The highest BCUT2D eigenvalue weighted by atomic mass is 19.4. The maximum Gasteiger partial charge on any atom is 0.416 e. The van der Waals surface area contributed by atoms with Gasteiger partial charge in [0.1, 0.15) is 0 Å². The van der Waals surface area contributed by atoms with E-state index in [-0.39, 0.29) is 23.8 Å². The number of halogens is 3. The number of hydrogen-bond donors (Lipinski definition) is 0. The van der Waals surface area contributed by atoms with Gasteiger partial charge in [0, 0.05) is 25.4 Å². The van der Waals surface area contributed by atoms with Crippen molar-refractivity contribution in [3.63, 3.8) is 0 Å². The zero-order chi connectivity index (χ0) is 14.8. The molecule has 1 atom stereocenters.